The van der Waals surface area contributed by atoms with E-state index in [9.17, 15) is 0 Å². The fourth-order valence-corrected chi connectivity index (χ4v) is 1.70. The number of aryl methyl sites for hydroxylation is 1. The summed E-state index contributed by atoms with van der Waals surface area (Å²) in [6.07, 6.45) is 3.06. The molecule has 0 amide bonds. The highest BCUT2D eigenvalue weighted by Gasteiger charge is 2.02. The lowest BCUT2D eigenvalue weighted by Crippen LogP contribution is -2.17. The van der Waals surface area contributed by atoms with Crippen LogP contribution in [0, 0.1) is 0 Å². The highest BCUT2D eigenvalue weighted by molar-refractivity contribution is 5.47. The van der Waals surface area contributed by atoms with Crippen molar-refractivity contribution in [2.24, 2.45) is 0 Å². The minimum atomic E-state index is 0.855. The zero-order chi connectivity index (χ0) is 14.1. The molecule has 1 aromatic heterocycles. The lowest BCUT2D eigenvalue weighted by molar-refractivity contribution is 0.405. The van der Waals surface area contributed by atoms with Crippen molar-refractivity contribution in [2.45, 2.75) is 33.1 Å². The van der Waals surface area contributed by atoms with Gasteiger partial charge in [0, 0.05) is 25.6 Å². The second-order valence-electron chi connectivity index (χ2n) is 4.92. The van der Waals surface area contributed by atoms with Crippen molar-refractivity contribution in [3.8, 4) is 0 Å². The predicted molar refractivity (Wildman–Crippen MR) is 81.9 cm³/mol. The van der Waals surface area contributed by atoms with Gasteiger partial charge in [-0.3, -0.25) is 0 Å². The normalized spacial score (nSPS) is 10.8. The maximum atomic E-state index is 4.50. The van der Waals surface area contributed by atoms with Gasteiger partial charge in [0.25, 0.3) is 0 Å². The van der Waals surface area contributed by atoms with Crippen molar-refractivity contribution in [2.75, 3.05) is 44.4 Å². The Bertz CT molecular complexity index is 365. The topological polar surface area (TPSA) is 53.1 Å². The Balaban J connectivity index is 2.55. The summed E-state index contributed by atoms with van der Waals surface area (Å²) >= 11 is 0. The van der Waals surface area contributed by atoms with Gasteiger partial charge in [-0.1, -0.05) is 13.8 Å². The number of rotatable bonds is 9. The van der Waals surface area contributed by atoms with Crippen molar-refractivity contribution in [3.63, 3.8) is 0 Å². The molecule has 1 rings (SSSR count). The summed E-state index contributed by atoms with van der Waals surface area (Å²) in [4.78, 5) is 11.2. The Morgan fingerprint density at radius 1 is 1.05 bits per heavy atom. The van der Waals surface area contributed by atoms with Gasteiger partial charge in [-0.05, 0) is 33.5 Å². The van der Waals surface area contributed by atoms with E-state index in [1.165, 1.54) is 0 Å². The summed E-state index contributed by atoms with van der Waals surface area (Å²) in [7, 11) is 4.18. The van der Waals surface area contributed by atoms with E-state index in [2.05, 4.69) is 53.4 Å². The summed E-state index contributed by atoms with van der Waals surface area (Å²) in [5.41, 5.74) is 0. The van der Waals surface area contributed by atoms with Gasteiger partial charge in [-0.25, -0.2) is 9.97 Å². The van der Waals surface area contributed by atoms with Gasteiger partial charge in [0.1, 0.15) is 17.5 Å². The van der Waals surface area contributed by atoms with Crippen LogP contribution < -0.4 is 10.6 Å². The molecule has 5 heteroatoms. The number of hydrogen-bond donors (Lipinski definition) is 2. The molecule has 5 nitrogen and oxygen atoms in total. The molecule has 0 aromatic carbocycles. The van der Waals surface area contributed by atoms with Crippen molar-refractivity contribution in [3.05, 3.63) is 11.9 Å². The average molecular weight is 265 g/mol. The van der Waals surface area contributed by atoms with Gasteiger partial charge in [-0.2, -0.15) is 0 Å². The zero-order valence-electron chi connectivity index (χ0n) is 12.7. The van der Waals surface area contributed by atoms with Crippen LogP contribution in [-0.4, -0.2) is 48.6 Å². The zero-order valence-corrected chi connectivity index (χ0v) is 12.7. The molecule has 0 atom stereocenters. The fourth-order valence-electron chi connectivity index (χ4n) is 1.70. The standard InChI is InChI=1S/C14H27N5/c1-5-8-15-13-11-14(18-12(6-2)17-13)16-9-7-10-19(3)4/h11H,5-10H2,1-4H3,(H2,15,16,17,18). The fraction of sp³-hybridized carbons (Fsp3) is 0.714. The number of nitrogens with zero attached hydrogens (tertiary/aromatic N) is 3. The summed E-state index contributed by atoms with van der Waals surface area (Å²) < 4.78 is 0. The van der Waals surface area contributed by atoms with Crippen LogP contribution in [0.25, 0.3) is 0 Å². The van der Waals surface area contributed by atoms with Crippen LogP contribution in [0.15, 0.2) is 6.07 Å². The third-order valence-electron chi connectivity index (χ3n) is 2.73. The van der Waals surface area contributed by atoms with Gasteiger partial charge in [0.2, 0.25) is 0 Å². The van der Waals surface area contributed by atoms with E-state index < -0.39 is 0 Å². The van der Waals surface area contributed by atoms with E-state index in [0.29, 0.717) is 0 Å². The third kappa shape index (κ3) is 6.38. The molecule has 0 saturated carbocycles. The highest BCUT2D eigenvalue weighted by atomic mass is 15.1. The average Bonchev–Trinajstić information content (AvgIpc) is 2.41. The molecule has 0 aliphatic carbocycles. The van der Waals surface area contributed by atoms with Crippen molar-refractivity contribution in [1.29, 1.82) is 0 Å². The molecule has 0 aliphatic rings. The molecule has 0 fully saturated rings. The largest absolute Gasteiger partial charge is 0.370 e. The summed E-state index contributed by atoms with van der Waals surface area (Å²) in [6.45, 7) is 7.19. The van der Waals surface area contributed by atoms with E-state index >= 15 is 0 Å². The minimum Gasteiger partial charge on any atom is -0.370 e. The third-order valence-corrected chi connectivity index (χ3v) is 2.73. The van der Waals surface area contributed by atoms with E-state index in [0.717, 1.165) is 56.4 Å². The molecule has 0 aliphatic heterocycles. The number of hydrogen-bond acceptors (Lipinski definition) is 5. The SMILES string of the molecule is CCCNc1cc(NCCCN(C)C)nc(CC)n1. The number of anilines is 2. The highest BCUT2D eigenvalue weighted by Crippen LogP contribution is 2.12. The van der Waals surface area contributed by atoms with E-state index in [1.807, 2.05) is 6.07 Å². The monoisotopic (exact) mass is 265 g/mol. The first-order valence-electron chi connectivity index (χ1n) is 7.16. The van der Waals surface area contributed by atoms with Crippen LogP contribution in [0.2, 0.25) is 0 Å². The first-order chi connectivity index (χ1) is 9.15. The van der Waals surface area contributed by atoms with Gasteiger partial charge < -0.3 is 15.5 Å². The van der Waals surface area contributed by atoms with Crippen LogP contribution in [0.1, 0.15) is 32.5 Å². The molecular weight excluding hydrogens is 238 g/mol. The van der Waals surface area contributed by atoms with Crippen molar-refractivity contribution < 1.29 is 0 Å². The molecule has 0 unspecified atom stereocenters. The molecule has 1 aromatic rings. The molecule has 2 N–H and O–H groups in total. The Kier molecular flexibility index (Phi) is 7.18. The second-order valence-corrected chi connectivity index (χ2v) is 4.92. The smallest absolute Gasteiger partial charge is 0.132 e. The maximum absolute atomic E-state index is 4.50. The first-order valence-corrected chi connectivity index (χ1v) is 7.16. The van der Waals surface area contributed by atoms with Gasteiger partial charge in [0.05, 0.1) is 0 Å². The summed E-state index contributed by atoms with van der Waals surface area (Å²) in [5.74, 6) is 2.73. The quantitative estimate of drug-likeness (QED) is 0.671. The number of nitrogens with one attached hydrogen (secondary N) is 2. The van der Waals surface area contributed by atoms with E-state index in [1.54, 1.807) is 0 Å². The Morgan fingerprint density at radius 3 is 2.21 bits per heavy atom. The molecule has 108 valence electrons. The van der Waals surface area contributed by atoms with Crippen molar-refractivity contribution in [1.82, 2.24) is 14.9 Å². The molecular formula is C14H27N5. The molecule has 0 radical (unpaired) electrons. The van der Waals surface area contributed by atoms with Crippen molar-refractivity contribution >= 4 is 11.6 Å². The summed E-state index contributed by atoms with van der Waals surface area (Å²) in [5, 5.41) is 6.69. The van der Waals surface area contributed by atoms with Crippen LogP contribution in [0.5, 0.6) is 0 Å². The lowest BCUT2D eigenvalue weighted by Gasteiger charge is -2.12. The van der Waals surface area contributed by atoms with E-state index in [4.69, 9.17) is 0 Å². The predicted octanol–water partition coefficient (Wildman–Crippen LogP) is 2.22. The van der Waals surface area contributed by atoms with Gasteiger partial charge >= 0.3 is 0 Å². The molecule has 0 bridgehead atoms. The molecule has 1 heterocycles. The molecule has 0 spiro atoms. The lowest BCUT2D eigenvalue weighted by atomic mass is 10.3. The second kappa shape index (κ2) is 8.69. The molecule has 19 heavy (non-hydrogen) atoms. The van der Waals surface area contributed by atoms with E-state index in [-0.39, 0.29) is 0 Å². The Hall–Kier alpha value is -1.36. The summed E-state index contributed by atoms with van der Waals surface area (Å²) in [6, 6.07) is 1.99. The molecule has 0 saturated heterocycles. The Labute approximate surface area is 116 Å². The number of aromatic nitrogens is 2. The van der Waals surface area contributed by atoms with Gasteiger partial charge in [0.15, 0.2) is 0 Å². The maximum Gasteiger partial charge on any atom is 0.132 e. The Morgan fingerprint density at radius 2 is 1.68 bits per heavy atom. The van der Waals surface area contributed by atoms with Crippen LogP contribution in [-0.2, 0) is 6.42 Å². The van der Waals surface area contributed by atoms with Crippen LogP contribution in [0.3, 0.4) is 0 Å². The first kappa shape index (κ1) is 15.7. The van der Waals surface area contributed by atoms with Crippen LogP contribution >= 0.6 is 0 Å². The van der Waals surface area contributed by atoms with Gasteiger partial charge in [-0.15, -0.1) is 0 Å². The van der Waals surface area contributed by atoms with Crippen LogP contribution in [0.4, 0.5) is 11.6 Å². The minimum absolute atomic E-state index is 0.855.